The zero-order valence-electron chi connectivity index (χ0n) is 23.4. The van der Waals surface area contributed by atoms with Gasteiger partial charge < -0.3 is 0 Å². The second-order valence-corrected chi connectivity index (χ2v) is 17.9. The average Bonchev–Trinajstić information content (AvgIpc) is 3.10. The predicted octanol–water partition coefficient (Wildman–Crippen LogP) is 8.92. The topological polar surface area (TPSA) is 114 Å². The van der Waals surface area contributed by atoms with Crippen LogP contribution in [-0.4, -0.2) is 17.2 Å². The van der Waals surface area contributed by atoms with E-state index >= 15 is 0 Å². The standard InChI is InChI=1S/C30H18BF5I2N2O7/c32-25-26(33)28(35)30(29(36)27(25)34)45-31(46-37(19-9-3-1-4-10-19)21-13-7-15-23(17-21)39(41)42)47-38(20-11-5-2-6-12-20)22-14-8-16-24(18-22)40(43)44/h1-18H. The molecule has 0 atom stereocenters. The van der Waals surface area contributed by atoms with Crippen LogP contribution in [-0.2, 0) is 5.97 Å². The molecule has 9 nitrogen and oxygen atoms in total. The summed E-state index contributed by atoms with van der Waals surface area (Å²) in [6.07, 6.45) is 0. The minimum atomic E-state index is -3.44. The van der Waals surface area contributed by atoms with Crippen molar-refractivity contribution in [1.29, 1.82) is 0 Å². The van der Waals surface area contributed by atoms with Gasteiger partial charge in [-0.25, -0.2) is 0 Å². The molecule has 47 heavy (non-hydrogen) atoms. The van der Waals surface area contributed by atoms with E-state index < -0.39 is 92.5 Å². The Morgan fingerprint density at radius 1 is 0.511 bits per heavy atom. The molecular weight excluding hydrogens is 860 g/mol. The molecule has 17 heteroatoms. The van der Waals surface area contributed by atoms with Crippen LogP contribution in [0.2, 0.25) is 0 Å². The molecule has 0 aliphatic heterocycles. The Hall–Kier alpha value is -4.21. The van der Waals surface area contributed by atoms with Crippen molar-refractivity contribution in [3.05, 3.63) is 173 Å². The number of benzene rings is 5. The molecule has 5 rings (SSSR count). The van der Waals surface area contributed by atoms with Crippen LogP contribution in [0.5, 0.6) is 5.75 Å². The van der Waals surface area contributed by atoms with E-state index in [-0.39, 0.29) is 11.4 Å². The zero-order chi connectivity index (χ0) is 33.7. The van der Waals surface area contributed by atoms with Crippen molar-refractivity contribution in [2.24, 2.45) is 0 Å². The van der Waals surface area contributed by atoms with Crippen LogP contribution in [0.3, 0.4) is 0 Å². The molecule has 5 aromatic carbocycles. The summed E-state index contributed by atoms with van der Waals surface area (Å²) in [7, 11) is -2.17. The summed E-state index contributed by atoms with van der Waals surface area (Å²) in [5.74, 6) is -13.2. The molecule has 5 aromatic rings. The van der Waals surface area contributed by atoms with Gasteiger partial charge in [-0.3, -0.25) is 0 Å². The normalized spacial score (nSPS) is 11.5. The van der Waals surface area contributed by atoms with Gasteiger partial charge >= 0.3 is 280 Å². The van der Waals surface area contributed by atoms with Crippen LogP contribution in [0.25, 0.3) is 0 Å². The molecule has 0 fully saturated rings. The maximum absolute atomic E-state index is 14.9. The van der Waals surface area contributed by atoms with E-state index in [1.165, 1.54) is 48.5 Å². The first kappa shape index (κ1) is 34.1. The van der Waals surface area contributed by atoms with Crippen molar-refractivity contribution in [2.45, 2.75) is 0 Å². The monoisotopic (exact) mass is 878 g/mol. The van der Waals surface area contributed by atoms with E-state index in [1.807, 2.05) is 0 Å². The number of nitrogens with zero attached hydrogens (tertiary/aromatic N) is 2. The second kappa shape index (κ2) is 15.1. The molecule has 0 spiro atoms. The third-order valence-electron chi connectivity index (χ3n) is 6.00. The number of non-ortho nitro benzene ring substituents is 2. The molecule has 0 unspecified atom stereocenters. The molecule has 0 heterocycles. The first-order valence-electron chi connectivity index (χ1n) is 13.1. The van der Waals surface area contributed by atoms with Crippen molar-refractivity contribution in [2.75, 3.05) is 0 Å². The van der Waals surface area contributed by atoms with E-state index in [9.17, 15) is 42.2 Å². The number of nitro benzene ring substituents is 2. The van der Waals surface area contributed by atoms with Gasteiger partial charge in [0.1, 0.15) is 0 Å². The van der Waals surface area contributed by atoms with Gasteiger partial charge in [0.05, 0.1) is 0 Å². The molecule has 242 valence electrons. The second-order valence-electron chi connectivity index (χ2n) is 9.05. The van der Waals surface area contributed by atoms with Gasteiger partial charge in [-0.05, 0) is 0 Å². The summed E-state index contributed by atoms with van der Waals surface area (Å²) in [4.78, 5) is 21.9. The van der Waals surface area contributed by atoms with Crippen molar-refractivity contribution in [3.8, 4) is 5.75 Å². The molecule has 0 aromatic heterocycles. The average molecular weight is 878 g/mol. The molecule has 0 aliphatic rings. The third-order valence-corrected chi connectivity index (χ3v) is 15.2. The van der Waals surface area contributed by atoms with Crippen molar-refractivity contribution in [1.82, 2.24) is 0 Å². The van der Waals surface area contributed by atoms with Gasteiger partial charge in [0.15, 0.2) is 0 Å². The fourth-order valence-corrected chi connectivity index (χ4v) is 12.6. The molecular formula is C30H18BF5I2N2O7. The van der Waals surface area contributed by atoms with Crippen LogP contribution < -0.4 is 4.65 Å². The minimum absolute atomic E-state index is 0.295. The Morgan fingerprint density at radius 2 is 0.872 bits per heavy atom. The summed E-state index contributed by atoms with van der Waals surface area (Å²) < 4.78 is 91.8. The van der Waals surface area contributed by atoms with Gasteiger partial charge in [-0.15, -0.1) is 0 Å². The summed E-state index contributed by atoms with van der Waals surface area (Å²) >= 11 is -6.88. The quantitative estimate of drug-likeness (QED) is 0.0234. The van der Waals surface area contributed by atoms with Gasteiger partial charge in [-0.1, -0.05) is 0 Å². The fraction of sp³-hybridized carbons (Fsp3) is 0. The Labute approximate surface area is 278 Å². The summed E-state index contributed by atoms with van der Waals surface area (Å²) in [6, 6.07) is 27.3. The summed E-state index contributed by atoms with van der Waals surface area (Å²) in [6.45, 7) is 0. The molecule has 0 saturated heterocycles. The fourth-order valence-electron chi connectivity index (χ4n) is 3.89. The van der Waals surface area contributed by atoms with Crippen LogP contribution in [0.4, 0.5) is 33.3 Å². The Balaban J connectivity index is 1.67. The number of halogens is 7. The van der Waals surface area contributed by atoms with E-state index in [4.69, 9.17) is 10.6 Å². The molecule has 0 aliphatic carbocycles. The van der Waals surface area contributed by atoms with Crippen LogP contribution >= 0.6 is 40.5 Å². The summed E-state index contributed by atoms with van der Waals surface area (Å²) in [5.41, 5.74) is -0.589. The van der Waals surface area contributed by atoms with Crippen LogP contribution in [0, 0.1) is 63.6 Å². The Morgan fingerprint density at radius 3 is 1.26 bits per heavy atom. The summed E-state index contributed by atoms with van der Waals surface area (Å²) in [5, 5.41) is 23.2. The number of nitro groups is 2. The first-order valence-corrected chi connectivity index (χ1v) is 19.1. The SMILES string of the molecule is O=[N+]([O-])c1cccc(I(OB(Oc2c(F)c(F)c(F)c(F)c2F)OI(c2ccccc2)c2cccc([N+](=O)[O-])c2)c2ccccc2)c1. The van der Waals surface area contributed by atoms with Gasteiger partial charge in [-0.2, -0.15) is 0 Å². The van der Waals surface area contributed by atoms with E-state index in [2.05, 4.69) is 0 Å². The third kappa shape index (κ3) is 7.85. The molecule has 0 bridgehead atoms. The van der Waals surface area contributed by atoms with Crippen molar-refractivity contribution < 1.29 is 42.4 Å². The van der Waals surface area contributed by atoms with E-state index in [0.29, 0.717) is 14.3 Å². The van der Waals surface area contributed by atoms with Gasteiger partial charge in [0.25, 0.3) is 0 Å². The maximum atomic E-state index is 14.9. The molecule has 0 N–H and O–H groups in total. The van der Waals surface area contributed by atoms with Gasteiger partial charge in [0.2, 0.25) is 0 Å². The van der Waals surface area contributed by atoms with Crippen LogP contribution in [0.1, 0.15) is 0 Å². The number of rotatable bonds is 12. The van der Waals surface area contributed by atoms with E-state index in [1.54, 1.807) is 60.7 Å². The van der Waals surface area contributed by atoms with Gasteiger partial charge in [0, 0.05) is 0 Å². The Kier molecular flexibility index (Phi) is 11.0. The van der Waals surface area contributed by atoms with Crippen molar-refractivity contribution in [3.63, 3.8) is 0 Å². The number of hydrogen-bond donors (Lipinski definition) is 0. The van der Waals surface area contributed by atoms with E-state index in [0.717, 1.165) is 0 Å². The van der Waals surface area contributed by atoms with Crippen LogP contribution in [0.15, 0.2) is 109 Å². The predicted molar refractivity (Wildman–Crippen MR) is 177 cm³/mol. The molecule has 0 amide bonds. The Bertz CT molecular complexity index is 1800. The zero-order valence-corrected chi connectivity index (χ0v) is 27.7. The molecule has 0 radical (unpaired) electrons. The molecule has 0 saturated carbocycles. The first-order chi connectivity index (χ1) is 22.5. The van der Waals surface area contributed by atoms with Crippen molar-refractivity contribution >= 4 is 59.2 Å². The number of hydrogen-bond acceptors (Lipinski definition) is 7.